The van der Waals surface area contributed by atoms with Crippen molar-refractivity contribution in [1.29, 1.82) is 0 Å². The monoisotopic (exact) mass is 293 g/mol. The highest BCUT2D eigenvalue weighted by atomic mass is 32.2. The Hall–Kier alpha value is -1.53. The van der Waals surface area contributed by atoms with Crippen molar-refractivity contribution in [2.24, 2.45) is 0 Å². The van der Waals surface area contributed by atoms with Crippen LogP contribution in [0.5, 0.6) is 0 Å². The van der Waals surface area contributed by atoms with Crippen molar-refractivity contribution in [3.05, 3.63) is 24.3 Å². The van der Waals surface area contributed by atoms with E-state index in [0.717, 1.165) is 24.4 Å². The van der Waals surface area contributed by atoms with Gasteiger partial charge in [-0.1, -0.05) is 0 Å². The lowest BCUT2D eigenvalue weighted by atomic mass is 10.3. The van der Waals surface area contributed by atoms with Gasteiger partial charge in [-0.2, -0.15) is 0 Å². The van der Waals surface area contributed by atoms with Gasteiger partial charge in [-0.05, 0) is 43.5 Å². The van der Waals surface area contributed by atoms with E-state index in [1.54, 1.807) is 28.8 Å². The molecule has 2 rings (SSSR count). The van der Waals surface area contributed by atoms with Crippen LogP contribution < -0.4 is 10.6 Å². The molecule has 1 saturated heterocycles. The molecule has 0 saturated carbocycles. The van der Waals surface area contributed by atoms with Crippen molar-refractivity contribution in [2.75, 3.05) is 37.8 Å². The van der Waals surface area contributed by atoms with Gasteiger partial charge in [0.15, 0.2) is 0 Å². The van der Waals surface area contributed by atoms with Crippen LogP contribution in [0.1, 0.15) is 6.42 Å². The van der Waals surface area contributed by atoms with Gasteiger partial charge in [-0.25, -0.2) is 0 Å². The normalized spacial score (nSPS) is 15.6. The highest BCUT2D eigenvalue weighted by Crippen LogP contribution is 2.17. The molecular weight excluding hydrogens is 274 g/mol. The Morgan fingerprint density at radius 1 is 1.20 bits per heavy atom. The molecule has 20 heavy (non-hydrogen) atoms. The van der Waals surface area contributed by atoms with Crippen molar-refractivity contribution >= 4 is 29.3 Å². The zero-order valence-electron chi connectivity index (χ0n) is 11.5. The lowest BCUT2D eigenvalue weighted by molar-refractivity contribution is -0.143. The Kier molecular flexibility index (Phi) is 5.43. The molecule has 1 fully saturated rings. The summed E-state index contributed by atoms with van der Waals surface area (Å²) in [5.74, 6) is -1.02. The number of amides is 2. The van der Waals surface area contributed by atoms with E-state index in [1.165, 1.54) is 0 Å². The molecule has 5 nitrogen and oxygen atoms in total. The number of carbonyl (C=O) groups is 2. The van der Waals surface area contributed by atoms with Gasteiger partial charge in [0.25, 0.3) is 0 Å². The van der Waals surface area contributed by atoms with Crippen LogP contribution in [0.25, 0.3) is 0 Å². The van der Waals surface area contributed by atoms with E-state index >= 15 is 0 Å². The van der Waals surface area contributed by atoms with E-state index in [2.05, 4.69) is 10.6 Å². The minimum absolute atomic E-state index is 0.456. The summed E-state index contributed by atoms with van der Waals surface area (Å²) in [7, 11) is 0. The third kappa shape index (κ3) is 3.98. The quantitative estimate of drug-likeness (QED) is 0.635. The van der Waals surface area contributed by atoms with E-state index < -0.39 is 11.8 Å². The van der Waals surface area contributed by atoms with Crippen LogP contribution in [0.4, 0.5) is 5.69 Å². The van der Waals surface area contributed by atoms with Crippen LogP contribution in [0, 0.1) is 0 Å². The Balaban J connectivity index is 1.94. The van der Waals surface area contributed by atoms with Crippen LogP contribution in [0.15, 0.2) is 29.2 Å². The molecule has 2 N–H and O–H groups in total. The molecule has 1 aliphatic heterocycles. The highest BCUT2D eigenvalue weighted by molar-refractivity contribution is 7.98. The first kappa shape index (κ1) is 14.9. The molecule has 0 bridgehead atoms. The van der Waals surface area contributed by atoms with Crippen LogP contribution in [-0.2, 0) is 9.59 Å². The number of nitrogens with one attached hydrogen (secondary N) is 2. The summed E-state index contributed by atoms with van der Waals surface area (Å²) in [6, 6.07) is 7.45. The van der Waals surface area contributed by atoms with Crippen LogP contribution in [-0.4, -0.2) is 49.1 Å². The zero-order chi connectivity index (χ0) is 14.4. The molecule has 108 valence electrons. The van der Waals surface area contributed by atoms with E-state index in [0.29, 0.717) is 18.8 Å². The number of hydrogen-bond donors (Lipinski definition) is 2. The van der Waals surface area contributed by atoms with Crippen molar-refractivity contribution in [3.8, 4) is 0 Å². The van der Waals surface area contributed by atoms with Gasteiger partial charge in [0, 0.05) is 30.2 Å². The number of rotatable bonds is 2. The molecule has 1 aromatic carbocycles. The lowest BCUT2D eigenvalue weighted by Crippen LogP contribution is -2.41. The number of anilines is 1. The predicted molar refractivity (Wildman–Crippen MR) is 80.9 cm³/mol. The fourth-order valence-electron chi connectivity index (χ4n) is 2.05. The summed E-state index contributed by atoms with van der Waals surface area (Å²) in [5.41, 5.74) is 0.647. The smallest absolute Gasteiger partial charge is 0.313 e. The molecule has 0 spiro atoms. The number of benzene rings is 1. The molecule has 0 atom stereocenters. The standard InChI is InChI=1S/C14H19N3O2S/c1-20-12-5-3-11(4-6-12)16-13(18)14(19)17-9-2-7-15-8-10-17/h3-6,15H,2,7-10H2,1H3,(H,16,18). The second-order valence-corrected chi connectivity index (χ2v) is 5.46. The van der Waals surface area contributed by atoms with Crippen LogP contribution in [0.2, 0.25) is 0 Å². The Bertz CT molecular complexity index is 468. The third-order valence-electron chi connectivity index (χ3n) is 3.17. The topological polar surface area (TPSA) is 61.4 Å². The van der Waals surface area contributed by atoms with Gasteiger partial charge in [0.05, 0.1) is 0 Å². The number of carbonyl (C=O) groups excluding carboxylic acids is 2. The second kappa shape index (κ2) is 7.31. The Morgan fingerprint density at radius 2 is 1.95 bits per heavy atom. The fraction of sp³-hybridized carbons (Fsp3) is 0.429. The van der Waals surface area contributed by atoms with E-state index in [9.17, 15) is 9.59 Å². The van der Waals surface area contributed by atoms with Crippen LogP contribution in [0.3, 0.4) is 0 Å². The summed E-state index contributed by atoms with van der Waals surface area (Å²) in [6.07, 6.45) is 2.87. The summed E-state index contributed by atoms with van der Waals surface area (Å²) in [5, 5.41) is 5.86. The van der Waals surface area contributed by atoms with Crippen molar-refractivity contribution in [2.45, 2.75) is 11.3 Å². The fourth-order valence-corrected chi connectivity index (χ4v) is 2.46. The number of hydrogen-bond acceptors (Lipinski definition) is 4. The summed E-state index contributed by atoms with van der Waals surface area (Å²) in [6.45, 7) is 2.84. The predicted octanol–water partition coefficient (Wildman–Crippen LogP) is 1.17. The summed E-state index contributed by atoms with van der Waals surface area (Å²) >= 11 is 1.63. The van der Waals surface area contributed by atoms with Crippen molar-refractivity contribution in [1.82, 2.24) is 10.2 Å². The SMILES string of the molecule is CSc1ccc(NC(=O)C(=O)N2CCCNCC2)cc1. The number of thioether (sulfide) groups is 1. The van der Waals surface area contributed by atoms with Crippen molar-refractivity contribution < 1.29 is 9.59 Å². The third-order valence-corrected chi connectivity index (χ3v) is 3.91. The first-order valence-electron chi connectivity index (χ1n) is 6.66. The van der Waals surface area contributed by atoms with Gasteiger partial charge >= 0.3 is 11.8 Å². The number of nitrogens with zero attached hydrogens (tertiary/aromatic N) is 1. The molecule has 0 unspecified atom stereocenters. The van der Waals surface area contributed by atoms with Gasteiger partial charge in [0.2, 0.25) is 0 Å². The summed E-state index contributed by atoms with van der Waals surface area (Å²) < 4.78 is 0. The minimum Gasteiger partial charge on any atom is -0.333 e. The Labute approximate surface area is 123 Å². The maximum absolute atomic E-state index is 12.1. The molecule has 1 aliphatic rings. The molecule has 0 aromatic heterocycles. The molecule has 1 heterocycles. The molecule has 0 radical (unpaired) electrons. The molecule has 2 amide bonds. The van der Waals surface area contributed by atoms with Gasteiger partial charge in [-0.15, -0.1) is 11.8 Å². The molecular formula is C14H19N3O2S. The Morgan fingerprint density at radius 3 is 2.65 bits per heavy atom. The minimum atomic E-state index is -0.566. The average molecular weight is 293 g/mol. The maximum Gasteiger partial charge on any atom is 0.313 e. The highest BCUT2D eigenvalue weighted by Gasteiger charge is 2.22. The first-order chi connectivity index (χ1) is 9.70. The van der Waals surface area contributed by atoms with E-state index in [1.807, 2.05) is 18.4 Å². The first-order valence-corrected chi connectivity index (χ1v) is 7.88. The summed E-state index contributed by atoms with van der Waals surface area (Å²) in [4.78, 5) is 26.7. The maximum atomic E-state index is 12.1. The van der Waals surface area contributed by atoms with Gasteiger partial charge in [-0.3, -0.25) is 9.59 Å². The van der Waals surface area contributed by atoms with Crippen LogP contribution >= 0.6 is 11.8 Å². The van der Waals surface area contributed by atoms with Gasteiger partial charge in [0.1, 0.15) is 0 Å². The van der Waals surface area contributed by atoms with E-state index in [4.69, 9.17) is 0 Å². The van der Waals surface area contributed by atoms with Gasteiger partial charge < -0.3 is 15.5 Å². The molecule has 0 aliphatic carbocycles. The zero-order valence-corrected chi connectivity index (χ0v) is 12.3. The molecule has 6 heteroatoms. The lowest BCUT2D eigenvalue weighted by Gasteiger charge is -2.19. The molecule has 1 aromatic rings. The van der Waals surface area contributed by atoms with E-state index in [-0.39, 0.29) is 0 Å². The largest absolute Gasteiger partial charge is 0.333 e. The second-order valence-electron chi connectivity index (χ2n) is 4.58. The van der Waals surface area contributed by atoms with Crippen molar-refractivity contribution in [3.63, 3.8) is 0 Å². The average Bonchev–Trinajstić information content (AvgIpc) is 2.76.